The fourth-order valence-electron chi connectivity index (χ4n) is 4.00. The molecule has 0 bridgehead atoms. The van der Waals surface area contributed by atoms with Crippen molar-refractivity contribution in [2.24, 2.45) is 5.73 Å². The molecule has 0 spiro atoms. The summed E-state index contributed by atoms with van der Waals surface area (Å²) in [6, 6.07) is 18.4. The SMILES string of the molecule is N[C@H](CNC(=O)[C@@H]1CCCc2ccccc21)c1ccc(C(=O)Nc2ccncc2)cc1. The van der Waals surface area contributed by atoms with Gasteiger partial charge in [-0.3, -0.25) is 14.6 Å². The number of rotatable bonds is 6. The van der Waals surface area contributed by atoms with Crippen LogP contribution in [0.5, 0.6) is 0 Å². The first-order chi connectivity index (χ1) is 15.1. The van der Waals surface area contributed by atoms with Crippen LogP contribution in [0.25, 0.3) is 0 Å². The molecule has 4 rings (SSSR count). The van der Waals surface area contributed by atoms with E-state index in [9.17, 15) is 9.59 Å². The summed E-state index contributed by atoms with van der Waals surface area (Å²) in [7, 11) is 0. The van der Waals surface area contributed by atoms with Gasteiger partial charge in [-0.2, -0.15) is 0 Å². The van der Waals surface area contributed by atoms with Crippen molar-refractivity contribution in [1.82, 2.24) is 10.3 Å². The summed E-state index contributed by atoms with van der Waals surface area (Å²) in [5, 5.41) is 5.84. The predicted molar refractivity (Wildman–Crippen MR) is 121 cm³/mol. The highest BCUT2D eigenvalue weighted by molar-refractivity contribution is 6.04. The van der Waals surface area contributed by atoms with Crippen LogP contribution >= 0.6 is 0 Å². The maximum atomic E-state index is 12.8. The zero-order valence-corrected chi connectivity index (χ0v) is 17.3. The van der Waals surface area contributed by atoms with E-state index in [1.54, 1.807) is 36.7 Å². The van der Waals surface area contributed by atoms with E-state index in [1.807, 2.05) is 30.3 Å². The standard InChI is InChI=1S/C25H26N4O2/c26-23(16-28-25(31)22-7-3-5-17-4-1-2-6-21(17)22)18-8-10-19(11-9-18)24(30)29-20-12-14-27-15-13-20/h1-2,4,6,8-15,22-23H,3,5,7,16,26H2,(H,28,31)(H,27,29,30)/t22-,23-/m1/s1. The highest BCUT2D eigenvalue weighted by atomic mass is 16.2. The van der Waals surface area contributed by atoms with Gasteiger partial charge in [0, 0.05) is 36.2 Å². The van der Waals surface area contributed by atoms with Gasteiger partial charge < -0.3 is 16.4 Å². The molecule has 2 amide bonds. The number of amides is 2. The average molecular weight is 415 g/mol. The average Bonchev–Trinajstić information content (AvgIpc) is 2.82. The third-order valence-electron chi connectivity index (χ3n) is 5.72. The van der Waals surface area contributed by atoms with Gasteiger partial charge >= 0.3 is 0 Å². The van der Waals surface area contributed by atoms with E-state index < -0.39 is 0 Å². The highest BCUT2D eigenvalue weighted by Crippen LogP contribution is 2.31. The van der Waals surface area contributed by atoms with Crippen LogP contribution in [0.3, 0.4) is 0 Å². The van der Waals surface area contributed by atoms with Crippen LogP contribution in [0.1, 0.15) is 51.8 Å². The van der Waals surface area contributed by atoms with Gasteiger partial charge in [-0.25, -0.2) is 0 Å². The van der Waals surface area contributed by atoms with E-state index in [1.165, 1.54) is 5.56 Å². The first kappa shape index (κ1) is 20.8. The minimum atomic E-state index is -0.347. The van der Waals surface area contributed by atoms with Gasteiger partial charge in [0.15, 0.2) is 0 Å². The lowest BCUT2D eigenvalue weighted by molar-refractivity contribution is -0.122. The molecule has 0 radical (unpaired) electrons. The Morgan fingerprint density at radius 1 is 1.03 bits per heavy atom. The quantitative estimate of drug-likeness (QED) is 0.574. The van der Waals surface area contributed by atoms with Gasteiger partial charge in [-0.15, -0.1) is 0 Å². The van der Waals surface area contributed by atoms with E-state index >= 15 is 0 Å². The van der Waals surface area contributed by atoms with Gasteiger partial charge in [-0.1, -0.05) is 36.4 Å². The summed E-state index contributed by atoms with van der Waals surface area (Å²) in [6.07, 6.45) is 6.15. The van der Waals surface area contributed by atoms with E-state index in [2.05, 4.69) is 21.7 Å². The molecule has 4 N–H and O–H groups in total. The van der Waals surface area contributed by atoms with Gasteiger partial charge in [0.25, 0.3) is 5.91 Å². The number of nitrogens with one attached hydrogen (secondary N) is 2. The lowest BCUT2D eigenvalue weighted by Gasteiger charge is -2.25. The molecule has 0 saturated heterocycles. The normalized spacial score (nSPS) is 16.1. The van der Waals surface area contributed by atoms with Crippen LogP contribution in [0.15, 0.2) is 73.1 Å². The Bertz CT molecular complexity index is 1050. The van der Waals surface area contributed by atoms with Crippen LogP contribution in [-0.2, 0) is 11.2 Å². The lowest BCUT2D eigenvalue weighted by Crippen LogP contribution is -2.36. The van der Waals surface area contributed by atoms with Crippen molar-refractivity contribution < 1.29 is 9.59 Å². The molecule has 0 fully saturated rings. The summed E-state index contributed by atoms with van der Waals surface area (Å²) in [5.74, 6) is -0.289. The molecule has 158 valence electrons. The number of nitrogens with zero attached hydrogens (tertiary/aromatic N) is 1. The number of aromatic nitrogens is 1. The van der Waals surface area contributed by atoms with Gasteiger partial charge in [0.2, 0.25) is 5.91 Å². The monoisotopic (exact) mass is 414 g/mol. The fraction of sp³-hybridized carbons (Fsp3) is 0.240. The molecule has 1 aliphatic carbocycles. The molecule has 3 aromatic rings. The Morgan fingerprint density at radius 3 is 2.55 bits per heavy atom. The van der Waals surface area contributed by atoms with Crippen LogP contribution in [0, 0.1) is 0 Å². The van der Waals surface area contributed by atoms with Gasteiger partial charge in [-0.05, 0) is 60.2 Å². The smallest absolute Gasteiger partial charge is 0.255 e. The number of fused-ring (bicyclic) bond motifs is 1. The van der Waals surface area contributed by atoms with Crippen molar-refractivity contribution in [2.45, 2.75) is 31.2 Å². The summed E-state index contributed by atoms with van der Waals surface area (Å²) in [5.41, 5.74) is 10.8. The first-order valence-electron chi connectivity index (χ1n) is 10.5. The van der Waals surface area contributed by atoms with Crippen LogP contribution in [-0.4, -0.2) is 23.3 Å². The molecule has 31 heavy (non-hydrogen) atoms. The Morgan fingerprint density at radius 2 is 1.77 bits per heavy atom. The van der Waals surface area contributed by atoms with Crippen molar-refractivity contribution >= 4 is 17.5 Å². The number of pyridine rings is 1. The molecule has 0 saturated carbocycles. The van der Waals surface area contributed by atoms with Gasteiger partial charge in [0.05, 0.1) is 5.92 Å². The van der Waals surface area contributed by atoms with Crippen molar-refractivity contribution in [3.63, 3.8) is 0 Å². The van der Waals surface area contributed by atoms with E-state index in [0.29, 0.717) is 17.8 Å². The zero-order valence-electron chi connectivity index (χ0n) is 17.3. The molecular formula is C25H26N4O2. The minimum Gasteiger partial charge on any atom is -0.354 e. The van der Waals surface area contributed by atoms with Crippen LogP contribution < -0.4 is 16.4 Å². The second-order valence-corrected chi connectivity index (χ2v) is 7.81. The first-order valence-corrected chi connectivity index (χ1v) is 10.5. The number of aryl methyl sites for hydroxylation is 1. The van der Waals surface area contributed by atoms with E-state index in [-0.39, 0.29) is 23.8 Å². The van der Waals surface area contributed by atoms with E-state index in [4.69, 9.17) is 5.73 Å². The molecule has 1 aromatic heterocycles. The van der Waals surface area contributed by atoms with Crippen molar-refractivity contribution in [3.8, 4) is 0 Å². The topological polar surface area (TPSA) is 97.1 Å². The number of anilines is 1. The Labute approximate surface area is 181 Å². The second kappa shape index (κ2) is 9.53. The molecule has 2 atom stereocenters. The lowest BCUT2D eigenvalue weighted by atomic mass is 9.82. The number of benzene rings is 2. The predicted octanol–water partition coefficient (Wildman–Crippen LogP) is 3.57. The number of hydrogen-bond donors (Lipinski definition) is 3. The molecule has 2 aromatic carbocycles. The molecule has 0 unspecified atom stereocenters. The molecule has 0 aliphatic heterocycles. The van der Waals surface area contributed by atoms with Crippen molar-refractivity contribution in [1.29, 1.82) is 0 Å². The largest absolute Gasteiger partial charge is 0.354 e. The number of nitrogens with two attached hydrogens (primary N) is 1. The summed E-state index contributed by atoms with van der Waals surface area (Å²) >= 11 is 0. The third kappa shape index (κ3) is 4.98. The fourth-order valence-corrected chi connectivity index (χ4v) is 4.00. The number of carbonyl (C=O) groups excluding carboxylic acids is 2. The van der Waals surface area contributed by atoms with Crippen LogP contribution in [0.2, 0.25) is 0 Å². The molecule has 6 heteroatoms. The summed E-state index contributed by atoms with van der Waals surface area (Å²) < 4.78 is 0. The highest BCUT2D eigenvalue weighted by Gasteiger charge is 2.26. The maximum absolute atomic E-state index is 12.8. The van der Waals surface area contributed by atoms with E-state index in [0.717, 1.165) is 30.4 Å². The third-order valence-corrected chi connectivity index (χ3v) is 5.72. The van der Waals surface area contributed by atoms with Crippen molar-refractivity contribution in [2.75, 3.05) is 11.9 Å². The number of carbonyl (C=O) groups is 2. The molecule has 1 heterocycles. The minimum absolute atomic E-state index is 0.0240. The maximum Gasteiger partial charge on any atom is 0.255 e. The Kier molecular flexibility index (Phi) is 6.38. The Hall–Kier alpha value is -3.51. The number of hydrogen-bond acceptors (Lipinski definition) is 4. The summed E-state index contributed by atoms with van der Waals surface area (Å²) in [4.78, 5) is 29.1. The van der Waals surface area contributed by atoms with Gasteiger partial charge in [0.1, 0.15) is 0 Å². The summed E-state index contributed by atoms with van der Waals surface area (Å²) in [6.45, 7) is 0.347. The van der Waals surface area contributed by atoms with Crippen molar-refractivity contribution in [3.05, 3.63) is 95.3 Å². The Balaban J connectivity index is 1.33. The zero-order chi connectivity index (χ0) is 21.6. The molecular weight excluding hydrogens is 388 g/mol. The molecule has 6 nitrogen and oxygen atoms in total. The molecule has 1 aliphatic rings. The van der Waals surface area contributed by atoms with Crippen LogP contribution in [0.4, 0.5) is 5.69 Å². The second-order valence-electron chi connectivity index (χ2n) is 7.81.